The van der Waals surface area contributed by atoms with Gasteiger partial charge in [0.15, 0.2) is 0 Å². The number of benzene rings is 2. The van der Waals surface area contributed by atoms with Crippen LogP contribution < -0.4 is 16.2 Å². The molecule has 34 heavy (non-hydrogen) atoms. The zero-order valence-electron chi connectivity index (χ0n) is 19.5. The van der Waals surface area contributed by atoms with Crippen molar-refractivity contribution in [1.29, 1.82) is 5.41 Å². The van der Waals surface area contributed by atoms with E-state index in [9.17, 15) is 9.59 Å². The Morgan fingerprint density at radius 1 is 1.03 bits per heavy atom. The second kappa shape index (κ2) is 11.4. The molecule has 1 fully saturated rings. The van der Waals surface area contributed by atoms with E-state index in [-0.39, 0.29) is 23.0 Å². The highest BCUT2D eigenvalue weighted by Gasteiger charge is 2.20. The van der Waals surface area contributed by atoms with E-state index >= 15 is 0 Å². The van der Waals surface area contributed by atoms with Crippen LogP contribution in [0.15, 0.2) is 48.5 Å². The molecule has 0 unspecified atom stereocenters. The summed E-state index contributed by atoms with van der Waals surface area (Å²) < 4.78 is 10.4. The fourth-order valence-corrected chi connectivity index (χ4v) is 3.53. The Kier molecular flexibility index (Phi) is 8.39. The van der Waals surface area contributed by atoms with Crippen LogP contribution in [-0.2, 0) is 9.53 Å². The van der Waals surface area contributed by atoms with Gasteiger partial charge < -0.3 is 30.7 Å². The lowest BCUT2D eigenvalue weighted by atomic mass is 10.0. The number of nitrogens with zero attached hydrogens (tertiary/aromatic N) is 2. The molecule has 1 amide bonds. The number of amides is 1. The van der Waals surface area contributed by atoms with Crippen molar-refractivity contribution in [3.8, 4) is 5.75 Å². The number of piperazine rings is 1. The summed E-state index contributed by atoms with van der Waals surface area (Å²) in [4.78, 5) is 29.3. The molecule has 0 bridgehead atoms. The van der Waals surface area contributed by atoms with E-state index in [1.165, 1.54) is 6.08 Å². The van der Waals surface area contributed by atoms with Crippen molar-refractivity contribution in [3.05, 3.63) is 65.2 Å². The summed E-state index contributed by atoms with van der Waals surface area (Å²) in [5.41, 5.74) is 13.8. The van der Waals surface area contributed by atoms with Gasteiger partial charge in [-0.1, -0.05) is 12.1 Å². The van der Waals surface area contributed by atoms with Gasteiger partial charge >= 0.3 is 0 Å². The van der Waals surface area contributed by atoms with Crippen LogP contribution in [0.5, 0.6) is 5.75 Å². The Hall–Kier alpha value is -3.69. The third-order valence-corrected chi connectivity index (χ3v) is 5.64. The van der Waals surface area contributed by atoms with Crippen molar-refractivity contribution in [2.45, 2.75) is 0 Å². The van der Waals surface area contributed by atoms with E-state index in [2.05, 4.69) is 4.90 Å². The molecule has 5 N–H and O–H groups in total. The number of ether oxygens (including phenoxy) is 2. The third-order valence-electron chi connectivity index (χ3n) is 5.64. The minimum Gasteiger partial charge on any atom is -0.491 e. The number of allylic oxidation sites excluding steroid dienone is 1. The smallest absolute Gasteiger partial charge is 0.253 e. The average Bonchev–Trinajstić information content (AvgIpc) is 2.84. The summed E-state index contributed by atoms with van der Waals surface area (Å²) in [6, 6.07) is 11.6. The topological polar surface area (TPSA) is 135 Å². The summed E-state index contributed by atoms with van der Waals surface area (Å²) in [6.07, 6.45) is 1.20. The lowest BCUT2D eigenvalue weighted by Crippen LogP contribution is -2.47. The summed E-state index contributed by atoms with van der Waals surface area (Å²) in [7, 11) is 3.62. The van der Waals surface area contributed by atoms with E-state index < -0.39 is 5.78 Å². The van der Waals surface area contributed by atoms with Crippen molar-refractivity contribution in [1.82, 2.24) is 9.80 Å². The number of likely N-dealkylation sites (N-methyl/N-ethyl adjacent to an activating group) is 1. The summed E-state index contributed by atoms with van der Waals surface area (Å²) >= 11 is 0. The van der Waals surface area contributed by atoms with Gasteiger partial charge in [0.05, 0.1) is 6.61 Å². The van der Waals surface area contributed by atoms with E-state index in [1.54, 1.807) is 49.6 Å². The number of carbonyl (C=O) groups excluding carboxylic acids is 2. The molecule has 9 heteroatoms. The molecule has 1 heterocycles. The van der Waals surface area contributed by atoms with Gasteiger partial charge in [0.25, 0.3) is 5.91 Å². The minimum absolute atomic E-state index is 0.0230. The molecule has 0 aliphatic carbocycles. The van der Waals surface area contributed by atoms with Crippen LogP contribution in [0.3, 0.4) is 0 Å². The van der Waals surface area contributed by atoms with Crippen LogP contribution in [0.1, 0.15) is 21.5 Å². The molecule has 0 radical (unpaired) electrons. The van der Waals surface area contributed by atoms with Gasteiger partial charge in [-0.2, -0.15) is 0 Å². The van der Waals surface area contributed by atoms with Crippen molar-refractivity contribution in [3.63, 3.8) is 0 Å². The highest BCUT2D eigenvalue weighted by molar-refractivity contribution is 6.50. The van der Waals surface area contributed by atoms with Gasteiger partial charge in [-0.15, -0.1) is 0 Å². The first-order valence-corrected chi connectivity index (χ1v) is 11.0. The first-order chi connectivity index (χ1) is 16.3. The fourth-order valence-electron chi connectivity index (χ4n) is 3.53. The number of carbonyl (C=O) groups is 2. The van der Waals surface area contributed by atoms with Gasteiger partial charge in [-0.05, 0) is 36.9 Å². The largest absolute Gasteiger partial charge is 0.491 e. The standard InChI is InChI=1S/C25H31N5O4/c1-29-9-11-30(12-10-29)25(32)18-5-3-17(4-6-18)21(26)16-23(31)24(28)20-8-7-19(15-22(20)27)34-14-13-33-2/h3-8,15-16,28H,9-14,26-27H2,1-2H3/b21-16-,28-24?. The molecule has 3 rings (SSSR count). The number of nitrogen functional groups attached to an aromatic ring is 1. The molecule has 2 aromatic carbocycles. The predicted octanol–water partition coefficient (Wildman–Crippen LogP) is 1.62. The van der Waals surface area contributed by atoms with Gasteiger partial charge in [0.1, 0.15) is 18.1 Å². The monoisotopic (exact) mass is 465 g/mol. The van der Waals surface area contributed by atoms with Crippen LogP contribution in [0.25, 0.3) is 5.70 Å². The number of rotatable bonds is 9. The second-order valence-corrected chi connectivity index (χ2v) is 8.10. The number of nitrogens with two attached hydrogens (primary N) is 2. The summed E-state index contributed by atoms with van der Waals surface area (Å²) in [6.45, 7) is 3.89. The molecule has 1 aliphatic heterocycles. The predicted molar refractivity (Wildman–Crippen MR) is 132 cm³/mol. The molecule has 1 aliphatic rings. The Bertz CT molecular complexity index is 1070. The van der Waals surface area contributed by atoms with E-state index in [0.29, 0.717) is 48.7 Å². The zero-order valence-corrected chi connectivity index (χ0v) is 19.5. The fraction of sp³-hybridized carbons (Fsp3) is 0.320. The van der Waals surface area contributed by atoms with E-state index in [1.807, 2.05) is 11.9 Å². The molecular weight excluding hydrogens is 434 g/mol. The van der Waals surface area contributed by atoms with E-state index in [4.69, 9.17) is 26.4 Å². The Morgan fingerprint density at radius 2 is 1.68 bits per heavy atom. The average molecular weight is 466 g/mol. The number of nitrogens with one attached hydrogen (secondary N) is 1. The normalized spacial score (nSPS) is 14.6. The molecule has 0 spiro atoms. The Morgan fingerprint density at radius 3 is 2.29 bits per heavy atom. The van der Waals surface area contributed by atoms with Gasteiger partial charge in [-0.3, -0.25) is 15.0 Å². The zero-order chi connectivity index (χ0) is 24.7. The Labute approximate surface area is 199 Å². The second-order valence-electron chi connectivity index (χ2n) is 8.10. The van der Waals surface area contributed by atoms with Crippen molar-refractivity contribution >= 4 is 28.8 Å². The lowest BCUT2D eigenvalue weighted by molar-refractivity contribution is -0.108. The maximum Gasteiger partial charge on any atom is 0.253 e. The number of hydrogen-bond acceptors (Lipinski definition) is 8. The van der Waals surface area contributed by atoms with Crippen LogP contribution in [-0.4, -0.2) is 80.8 Å². The van der Waals surface area contributed by atoms with Gasteiger partial charge in [0, 0.05) is 67.9 Å². The SMILES string of the molecule is COCCOc1ccc(C(=N)C(=O)/C=C(\N)c2ccc(C(=O)N3CCN(C)CC3)cc2)c(N)c1. The first-order valence-electron chi connectivity index (χ1n) is 11.0. The molecule has 0 aromatic heterocycles. The van der Waals surface area contributed by atoms with E-state index in [0.717, 1.165) is 13.1 Å². The van der Waals surface area contributed by atoms with Crippen LogP contribution in [0, 0.1) is 5.41 Å². The highest BCUT2D eigenvalue weighted by Crippen LogP contribution is 2.21. The summed E-state index contributed by atoms with van der Waals surface area (Å²) in [5, 5.41) is 8.24. The van der Waals surface area contributed by atoms with Gasteiger partial charge in [-0.25, -0.2) is 0 Å². The summed E-state index contributed by atoms with van der Waals surface area (Å²) in [5.74, 6) is -0.0696. The molecule has 2 aromatic rings. The van der Waals surface area contributed by atoms with Gasteiger partial charge in [0.2, 0.25) is 5.78 Å². The van der Waals surface area contributed by atoms with Crippen molar-refractivity contribution < 1.29 is 19.1 Å². The molecular formula is C25H31N5O4. The van der Waals surface area contributed by atoms with Crippen molar-refractivity contribution in [2.75, 3.05) is 59.3 Å². The molecule has 180 valence electrons. The maximum atomic E-state index is 12.7. The minimum atomic E-state index is -0.574. The van der Waals surface area contributed by atoms with Crippen LogP contribution in [0.4, 0.5) is 5.69 Å². The lowest BCUT2D eigenvalue weighted by Gasteiger charge is -2.32. The third kappa shape index (κ3) is 6.21. The van der Waals surface area contributed by atoms with Crippen LogP contribution in [0.2, 0.25) is 0 Å². The Balaban J connectivity index is 1.65. The highest BCUT2D eigenvalue weighted by atomic mass is 16.5. The quantitative estimate of drug-likeness (QED) is 0.222. The number of methoxy groups -OCH3 is 1. The molecule has 1 saturated heterocycles. The number of ketones is 1. The van der Waals surface area contributed by atoms with Crippen molar-refractivity contribution in [2.24, 2.45) is 5.73 Å². The molecule has 9 nitrogen and oxygen atoms in total. The molecule has 0 saturated carbocycles. The first kappa shape index (κ1) is 24.9. The molecule has 0 atom stereocenters. The maximum absolute atomic E-state index is 12.7. The van der Waals surface area contributed by atoms with Crippen LogP contribution >= 0.6 is 0 Å². The number of hydrogen-bond donors (Lipinski definition) is 3. The number of anilines is 1.